The first-order chi connectivity index (χ1) is 12.8. The molecule has 1 amide bonds. The van der Waals surface area contributed by atoms with Crippen molar-refractivity contribution in [2.75, 3.05) is 18.4 Å². The summed E-state index contributed by atoms with van der Waals surface area (Å²) in [5, 5.41) is 6.30. The molecule has 0 unspecified atom stereocenters. The van der Waals surface area contributed by atoms with Gasteiger partial charge in [0, 0.05) is 31.1 Å². The molecular formula is C20H26N6O. The first-order valence-electron chi connectivity index (χ1n) is 8.77. The van der Waals surface area contributed by atoms with Gasteiger partial charge in [-0.2, -0.15) is 0 Å². The Balaban J connectivity index is 2.19. The molecule has 0 aliphatic carbocycles. The molecule has 7 heteroatoms. The number of nitrogens with one attached hydrogen (secondary N) is 2. The number of allylic oxidation sites excluding steroid dienone is 2. The summed E-state index contributed by atoms with van der Waals surface area (Å²) < 4.78 is 0. The largest absolute Gasteiger partial charge is 0.335 e. The molecule has 0 aromatic carbocycles. The maximum absolute atomic E-state index is 11.8. The fourth-order valence-electron chi connectivity index (χ4n) is 2.77. The van der Waals surface area contributed by atoms with Gasteiger partial charge < -0.3 is 10.2 Å². The minimum absolute atomic E-state index is 0.188. The van der Waals surface area contributed by atoms with Crippen LogP contribution in [0.5, 0.6) is 0 Å². The molecule has 1 aliphatic heterocycles. The molecule has 2 heterocycles. The molecule has 1 aliphatic rings. The van der Waals surface area contributed by atoms with Crippen molar-refractivity contribution in [3.63, 3.8) is 0 Å². The Morgan fingerprint density at radius 1 is 1.37 bits per heavy atom. The predicted molar refractivity (Wildman–Crippen MR) is 108 cm³/mol. The van der Waals surface area contributed by atoms with E-state index in [1.165, 1.54) is 11.6 Å². The first kappa shape index (κ1) is 20.2. The number of amides is 1. The highest BCUT2D eigenvalue weighted by molar-refractivity contribution is 5.99. The molecule has 142 valence electrons. The molecule has 0 fully saturated rings. The maximum atomic E-state index is 11.8. The van der Waals surface area contributed by atoms with Crippen LogP contribution in [0.25, 0.3) is 5.57 Å². The normalized spacial score (nSPS) is 14.7. The van der Waals surface area contributed by atoms with E-state index in [0.29, 0.717) is 24.0 Å². The van der Waals surface area contributed by atoms with Gasteiger partial charge in [0.2, 0.25) is 11.9 Å². The van der Waals surface area contributed by atoms with E-state index in [0.717, 1.165) is 29.7 Å². The minimum atomic E-state index is -0.188. The number of pyridine rings is 1. The zero-order valence-corrected chi connectivity index (χ0v) is 16.3. The molecule has 0 bridgehead atoms. The summed E-state index contributed by atoms with van der Waals surface area (Å²) in [6.45, 7) is 12.7. The lowest BCUT2D eigenvalue weighted by Gasteiger charge is -2.30. The fourth-order valence-corrected chi connectivity index (χ4v) is 2.77. The smallest absolute Gasteiger partial charge is 0.249 e. The Hall–Kier alpha value is -3.09. The van der Waals surface area contributed by atoms with E-state index in [2.05, 4.69) is 33.9 Å². The molecule has 27 heavy (non-hydrogen) atoms. The molecular weight excluding hydrogens is 340 g/mol. The van der Waals surface area contributed by atoms with Crippen molar-refractivity contribution in [3.8, 4) is 0 Å². The molecule has 0 saturated carbocycles. The summed E-state index contributed by atoms with van der Waals surface area (Å²) in [5.41, 5.74) is 12.3. The Labute approximate surface area is 160 Å². The molecule has 2 rings (SSSR count). The van der Waals surface area contributed by atoms with Gasteiger partial charge in [-0.3, -0.25) is 4.79 Å². The van der Waals surface area contributed by atoms with Crippen LogP contribution in [0.4, 0.5) is 5.82 Å². The summed E-state index contributed by atoms with van der Waals surface area (Å²) in [4.78, 5) is 22.4. The third kappa shape index (κ3) is 5.70. The standard InChI is InChI=1S/C20H26N6O/c1-13(2)10-19(27)24-18-7-6-16(11-22-18)17-12-26(9-8-15(17)5)20(25-21)23-14(3)4/h6-7,10-11,21H,3,8-9,12H2,1-2,4-5H3,(H,22,24,27)/b23-20+,25-21?. The highest BCUT2D eigenvalue weighted by atomic mass is 16.1. The van der Waals surface area contributed by atoms with E-state index in [-0.39, 0.29) is 5.91 Å². The number of carbonyl (C=O) groups excluding carboxylic acids is 1. The van der Waals surface area contributed by atoms with Gasteiger partial charge in [-0.05, 0) is 57.4 Å². The minimum Gasteiger partial charge on any atom is -0.335 e. The second kappa shape index (κ2) is 9.02. The Kier molecular flexibility index (Phi) is 6.76. The van der Waals surface area contributed by atoms with E-state index in [1.807, 2.05) is 24.8 Å². The molecule has 0 spiro atoms. The van der Waals surface area contributed by atoms with E-state index in [1.54, 1.807) is 19.2 Å². The van der Waals surface area contributed by atoms with Crippen LogP contribution in [0.3, 0.4) is 0 Å². The van der Waals surface area contributed by atoms with Crippen molar-refractivity contribution in [1.82, 2.24) is 9.88 Å². The Morgan fingerprint density at radius 2 is 2.11 bits per heavy atom. The van der Waals surface area contributed by atoms with Crippen LogP contribution in [0, 0.1) is 5.53 Å². The van der Waals surface area contributed by atoms with E-state index in [4.69, 9.17) is 5.53 Å². The monoisotopic (exact) mass is 366 g/mol. The summed E-state index contributed by atoms with van der Waals surface area (Å²) in [6.07, 6.45) is 4.15. The van der Waals surface area contributed by atoms with E-state index in [9.17, 15) is 4.79 Å². The molecule has 0 saturated heterocycles. The summed E-state index contributed by atoms with van der Waals surface area (Å²) >= 11 is 0. The van der Waals surface area contributed by atoms with Gasteiger partial charge in [0.05, 0.1) is 0 Å². The molecule has 1 aromatic heterocycles. The van der Waals surface area contributed by atoms with E-state index >= 15 is 0 Å². The van der Waals surface area contributed by atoms with Crippen molar-refractivity contribution in [2.24, 2.45) is 10.1 Å². The predicted octanol–water partition coefficient (Wildman–Crippen LogP) is 4.39. The van der Waals surface area contributed by atoms with Crippen molar-refractivity contribution in [1.29, 1.82) is 5.53 Å². The molecule has 0 radical (unpaired) electrons. The lowest BCUT2D eigenvalue weighted by atomic mass is 9.96. The number of guanidine groups is 1. The zero-order chi connectivity index (χ0) is 20.0. The van der Waals surface area contributed by atoms with Crippen molar-refractivity contribution in [2.45, 2.75) is 34.1 Å². The van der Waals surface area contributed by atoms with E-state index < -0.39 is 0 Å². The van der Waals surface area contributed by atoms with Crippen molar-refractivity contribution < 1.29 is 4.79 Å². The van der Waals surface area contributed by atoms with Gasteiger partial charge in [0.1, 0.15) is 5.82 Å². The highest BCUT2D eigenvalue weighted by Gasteiger charge is 2.21. The second-order valence-electron chi connectivity index (χ2n) is 6.83. The maximum Gasteiger partial charge on any atom is 0.249 e. The van der Waals surface area contributed by atoms with Crippen LogP contribution in [0.1, 0.15) is 39.7 Å². The van der Waals surface area contributed by atoms with Crippen LogP contribution in [0.15, 0.2) is 57.9 Å². The summed E-state index contributed by atoms with van der Waals surface area (Å²) in [6, 6.07) is 3.74. The zero-order valence-electron chi connectivity index (χ0n) is 16.3. The molecule has 7 nitrogen and oxygen atoms in total. The number of nitrogens with zero attached hydrogens (tertiary/aromatic N) is 4. The first-order valence-corrected chi connectivity index (χ1v) is 8.77. The lowest BCUT2D eigenvalue weighted by Crippen LogP contribution is -2.35. The summed E-state index contributed by atoms with van der Waals surface area (Å²) in [7, 11) is 0. The van der Waals surface area contributed by atoms with Gasteiger partial charge in [-0.25, -0.2) is 15.5 Å². The van der Waals surface area contributed by atoms with Crippen LogP contribution in [-0.4, -0.2) is 34.8 Å². The van der Waals surface area contributed by atoms with Gasteiger partial charge in [-0.15, -0.1) is 5.11 Å². The van der Waals surface area contributed by atoms with Crippen LogP contribution < -0.4 is 5.32 Å². The van der Waals surface area contributed by atoms with Crippen molar-refractivity contribution >= 4 is 23.3 Å². The quantitative estimate of drug-likeness (QED) is 0.358. The SMILES string of the molecule is C=C(C)/N=C(\N=N)N1CCC(C)=C(c2ccc(NC(=O)C=C(C)C)nc2)C1. The topological polar surface area (TPSA) is 93.8 Å². The average Bonchev–Trinajstić information content (AvgIpc) is 2.60. The lowest BCUT2D eigenvalue weighted by molar-refractivity contribution is -0.112. The number of hydrogen-bond donors (Lipinski definition) is 2. The number of anilines is 1. The fraction of sp³-hybridized carbons (Fsp3) is 0.350. The third-order valence-corrected chi connectivity index (χ3v) is 4.08. The van der Waals surface area contributed by atoms with Crippen LogP contribution >= 0.6 is 0 Å². The number of carbonyl (C=O) groups is 1. The van der Waals surface area contributed by atoms with Crippen LogP contribution in [0.2, 0.25) is 0 Å². The Bertz CT molecular complexity index is 829. The van der Waals surface area contributed by atoms with Gasteiger partial charge in [-0.1, -0.05) is 17.7 Å². The molecule has 0 atom stereocenters. The van der Waals surface area contributed by atoms with Crippen LogP contribution in [-0.2, 0) is 4.79 Å². The average molecular weight is 366 g/mol. The number of hydrogen-bond acceptors (Lipinski definition) is 4. The van der Waals surface area contributed by atoms with Crippen molar-refractivity contribution in [3.05, 3.63) is 53.4 Å². The number of aromatic nitrogens is 1. The highest BCUT2D eigenvalue weighted by Crippen LogP contribution is 2.27. The number of rotatable bonds is 4. The second-order valence-corrected chi connectivity index (χ2v) is 6.83. The Morgan fingerprint density at radius 3 is 2.67 bits per heavy atom. The number of aliphatic imine (C=N–C) groups is 1. The molecule has 2 N–H and O–H groups in total. The van der Waals surface area contributed by atoms with Gasteiger partial charge >= 0.3 is 0 Å². The van der Waals surface area contributed by atoms with Gasteiger partial charge in [0.15, 0.2) is 0 Å². The summed E-state index contributed by atoms with van der Waals surface area (Å²) in [5.74, 6) is 0.691. The molecule has 1 aromatic rings. The van der Waals surface area contributed by atoms with Gasteiger partial charge in [0.25, 0.3) is 0 Å². The third-order valence-electron chi connectivity index (χ3n) is 4.08.